The minimum Gasteiger partial charge on any atom is -0.496 e. The maximum absolute atomic E-state index is 12.6. The van der Waals surface area contributed by atoms with Crippen LogP contribution in [0.1, 0.15) is 11.1 Å². The van der Waals surface area contributed by atoms with Gasteiger partial charge in [-0.1, -0.05) is 29.3 Å². The number of anilines is 1. The van der Waals surface area contributed by atoms with Gasteiger partial charge in [-0.05, 0) is 43.3 Å². The molecule has 2 aromatic carbocycles. The average molecular weight is 400 g/mol. The van der Waals surface area contributed by atoms with Crippen LogP contribution in [-0.4, -0.2) is 36.4 Å². The molecule has 0 unspecified atom stereocenters. The Morgan fingerprint density at radius 1 is 1.21 bits per heavy atom. The molecule has 144 valence electrons. The summed E-state index contributed by atoms with van der Waals surface area (Å²) in [5.41, 5.74) is 2.21. The zero-order chi connectivity index (χ0) is 20.3. The van der Waals surface area contributed by atoms with Crippen LogP contribution < -0.4 is 15.4 Å². The highest BCUT2D eigenvalue weighted by Crippen LogP contribution is 2.26. The summed E-state index contributed by atoms with van der Waals surface area (Å²) in [5, 5.41) is 5.58. The Hall–Kier alpha value is -3.32. The number of aryl methyl sites for hydroxylation is 1. The first-order chi connectivity index (χ1) is 13.4. The Bertz CT molecular complexity index is 970. The van der Waals surface area contributed by atoms with Gasteiger partial charge in [0, 0.05) is 16.3 Å². The van der Waals surface area contributed by atoms with E-state index in [1.807, 2.05) is 19.1 Å². The normalized spacial score (nSPS) is 15.0. The van der Waals surface area contributed by atoms with E-state index in [9.17, 15) is 14.4 Å². The van der Waals surface area contributed by atoms with E-state index in [1.54, 1.807) is 30.3 Å². The molecule has 1 aliphatic heterocycles. The Labute approximate surface area is 166 Å². The van der Waals surface area contributed by atoms with Gasteiger partial charge in [0.25, 0.3) is 5.91 Å². The van der Waals surface area contributed by atoms with E-state index in [0.717, 1.165) is 10.5 Å². The molecule has 4 amide bonds. The van der Waals surface area contributed by atoms with Crippen molar-refractivity contribution in [1.82, 2.24) is 10.2 Å². The fourth-order valence-electron chi connectivity index (χ4n) is 2.67. The topological polar surface area (TPSA) is 87.7 Å². The number of urea groups is 1. The van der Waals surface area contributed by atoms with Gasteiger partial charge in [-0.15, -0.1) is 0 Å². The van der Waals surface area contributed by atoms with Crippen LogP contribution in [0.5, 0.6) is 5.75 Å². The van der Waals surface area contributed by atoms with E-state index >= 15 is 0 Å². The maximum Gasteiger partial charge on any atom is 0.329 e. The zero-order valence-electron chi connectivity index (χ0n) is 15.3. The van der Waals surface area contributed by atoms with E-state index in [0.29, 0.717) is 22.0 Å². The Morgan fingerprint density at radius 3 is 2.61 bits per heavy atom. The largest absolute Gasteiger partial charge is 0.496 e. The molecule has 0 saturated carbocycles. The minimum atomic E-state index is -0.670. The highest BCUT2D eigenvalue weighted by Gasteiger charge is 2.35. The van der Waals surface area contributed by atoms with Crippen LogP contribution in [0.4, 0.5) is 10.5 Å². The van der Waals surface area contributed by atoms with Crippen molar-refractivity contribution in [2.45, 2.75) is 6.92 Å². The fraction of sp³-hybridized carbons (Fsp3) is 0.150. The molecule has 0 spiro atoms. The summed E-state index contributed by atoms with van der Waals surface area (Å²) in [6.45, 7) is 1.53. The van der Waals surface area contributed by atoms with E-state index in [1.165, 1.54) is 13.2 Å². The first kappa shape index (κ1) is 19.4. The standard InChI is InChI=1S/C20H18ClN3O4/c1-12-3-6-15(7-4-12)22-18(25)11-24-19(26)16(23-20(24)27)10-13-9-14(21)5-8-17(13)28-2/h3-10H,11H2,1-2H3,(H,22,25)(H,23,27)/b16-10+. The third-order valence-corrected chi connectivity index (χ3v) is 4.33. The van der Waals surface area contributed by atoms with Crippen molar-refractivity contribution < 1.29 is 19.1 Å². The first-order valence-electron chi connectivity index (χ1n) is 8.42. The van der Waals surface area contributed by atoms with Crippen molar-refractivity contribution >= 4 is 41.2 Å². The second kappa shape index (κ2) is 8.14. The maximum atomic E-state index is 12.6. The number of hydrogen-bond acceptors (Lipinski definition) is 4. The number of benzene rings is 2. The predicted octanol–water partition coefficient (Wildman–Crippen LogP) is 3.19. The van der Waals surface area contributed by atoms with E-state index in [2.05, 4.69) is 10.6 Å². The SMILES string of the molecule is COc1ccc(Cl)cc1/C=C1/NC(=O)N(CC(=O)Nc2ccc(C)cc2)C1=O. The third kappa shape index (κ3) is 4.32. The van der Waals surface area contributed by atoms with E-state index in [4.69, 9.17) is 16.3 Å². The van der Waals surface area contributed by atoms with Gasteiger partial charge in [0.2, 0.25) is 5.91 Å². The van der Waals surface area contributed by atoms with Crippen molar-refractivity contribution in [3.63, 3.8) is 0 Å². The second-order valence-corrected chi connectivity index (χ2v) is 6.62. The molecule has 8 heteroatoms. The molecule has 1 fully saturated rings. The van der Waals surface area contributed by atoms with Crippen molar-refractivity contribution in [3.05, 3.63) is 64.3 Å². The molecule has 3 rings (SSSR count). The van der Waals surface area contributed by atoms with Gasteiger partial charge in [-0.25, -0.2) is 9.69 Å². The quantitative estimate of drug-likeness (QED) is 0.597. The Kier molecular flexibility index (Phi) is 5.65. The number of hydrogen-bond donors (Lipinski definition) is 2. The Morgan fingerprint density at radius 2 is 1.93 bits per heavy atom. The van der Waals surface area contributed by atoms with Crippen LogP contribution in [0.3, 0.4) is 0 Å². The van der Waals surface area contributed by atoms with Gasteiger partial charge >= 0.3 is 6.03 Å². The van der Waals surface area contributed by atoms with E-state index < -0.39 is 24.4 Å². The van der Waals surface area contributed by atoms with Crippen molar-refractivity contribution in [3.8, 4) is 5.75 Å². The minimum absolute atomic E-state index is 0.0358. The lowest BCUT2D eigenvalue weighted by Crippen LogP contribution is -2.38. The number of halogens is 1. The van der Waals surface area contributed by atoms with Gasteiger partial charge in [-0.3, -0.25) is 9.59 Å². The molecule has 0 aliphatic carbocycles. The molecule has 1 heterocycles. The van der Waals surface area contributed by atoms with Gasteiger partial charge in [0.05, 0.1) is 7.11 Å². The number of rotatable bonds is 5. The number of nitrogens with zero attached hydrogens (tertiary/aromatic N) is 1. The summed E-state index contributed by atoms with van der Waals surface area (Å²) in [4.78, 5) is 37.8. The monoisotopic (exact) mass is 399 g/mol. The number of ether oxygens (including phenoxy) is 1. The average Bonchev–Trinajstić information content (AvgIpc) is 2.91. The van der Waals surface area contributed by atoms with Crippen molar-refractivity contribution in [1.29, 1.82) is 0 Å². The van der Waals surface area contributed by atoms with Gasteiger partial charge in [0.1, 0.15) is 18.0 Å². The molecular weight excluding hydrogens is 382 g/mol. The zero-order valence-corrected chi connectivity index (χ0v) is 16.0. The second-order valence-electron chi connectivity index (χ2n) is 6.18. The lowest BCUT2D eigenvalue weighted by Gasteiger charge is -2.12. The molecule has 2 N–H and O–H groups in total. The molecule has 1 saturated heterocycles. The number of carbonyl (C=O) groups excluding carboxylic acids is 3. The van der Waals surface area contributed by atoms with Crippen molar-refractivity contribution in [2.24, 2.45) is 0 Å². The number of nitrogens with one attached hydrogen (secondary N) is 2. The fourth-order valence-corrected chi connectivity index (χ4v) is 2.85. The van der Waals surface area contributed by atoms with Crippen LogP contribution in [-0.2, 0) is 9.59 Å². The number of amides is 4. The van der Waals surface area contributed by atoms with E-state index in [-0.39, 0.29) is 5.70 Å². The smallest absolute Gasteiger partial charge is 0.329 e. The van der Waals surface area contributed by atoms with Crippen LogP contribution in [0.2, 0.25) is 5.02 Å². The Balaban J connectivity index is 1.74. The predicted molar refractivity (Wildman–Crippen MR) is 106 cm³/mol. The van der Waals surface area contributed by atoms with Crippen LogP contribution in [0.15, 0.2) is 48.2 Å². The molecule has 28 heavy (non-hydrogen) atoms. The summed E-state index contributed by atoms with van der Waals surface area (Å²) >= 11 is 5.99. The summed E-state index contributed by atoms with van der Waals surface area (Å²) in [6, 6.07) is 11.4. The lowest BCUT2D eigenvalue weighted by molar-refractivity contribution is -0.127. The summed E-state index contributed by atoms with van der Waals surface area (Å²) < 4.78 is 5.23. The highest BCUT2D eigenvalue weighted by molar-refractivity contribution is 6.30. The molecule has 7 nitrogen and oxygen atoms in total. The summed E-state index contributed by atoms with van der Waals surface area (Å²) in [5.74, 6) is -0.588. The number of imide groups is 1. The molecule has 1 aliphatic rings. The van der Waals surface area contributed by atoms with Crippen molar-refractivity contribution in [2.75, 3.05) is 19.0 Å². The van der Waals surface area contributed by atoms with Gasteiger partial charge in [-0.2, -0.15) is 0 Å². The summed E-state index contributed by atoms with van der Waals surface area (Å²) in [7, 11) is 1.49. The number of methoxy groups -OCH3 is 1. The summed E-state index contributed by atoms with van der Waals surface area (Å²) in [6.07, 6.45) is 1.46. The molecule has 0 bridgehead atoms. The molecule has 0 aromatic heterocycles. The van der Waals surface area contributed by atoms with Crippen LogP contribution in [0.25, 0.3) is 6.08 Å². The molecule has 0 atom stereocenters. The van der Waals surface area contributed by atoms with Gasteiger partial charge in [0.15, 0.2) is 0 Å². The molecular formula is C20H18ClN3O4. The molecule has 0 radical (unpaired) electrons. The first-order valence-corrected chi connectivity index (χ1v) is 8.80. The van der Waals surface area contributed by atoms with Gasteiger partial charge < -0.3 is 15.4 Å². The molecule has 2 aromatic rings. The number of carbonyl (C=O) groups is 3. The van der Waals surface area contributed by atoms with Crippen LogP contribution in [0, 0.1) is 6.92 Å². The third-order valence-electron chi connectivity index (χ3n) is 4.09. The van der Waals surface area contributed by atoms with Crippen LogP contribution >= 0.6 is 11.6 Å². The lowest BCUT2D eigenvalue weighted by atomic mass is 10.1. The highest BCUT2D eigenvalue weighted by atomic mass is 35.5.